The zero-order valence-corrected chi connectivity index (χ0v) is 12.6. The van der Waals surface area contributed by atoms with Crippen molar-refractivity contribution in [2.75, 3.05) is 5.32 Å². The molecule has 2 rings (SSSR count). The molecule has 1 aromatic heterocycles. The van der Waals surface area contributed by atoms with E-state index in [1.54, 1.807) is 6.07 Å². The van der Waals surface area contributed by atoms with E-state index in [2.05, 4.69) is 10.6 Å². The first-order valence-corrected chi connectivity index (χ1v) is 7.37. The van der Waals surface area contributed by atoms with E-state index in [1.165, 1.54) is 24.3 Å². The molecule has 0 radical (unpaired) electrons. The Bertz CT molecular complexity index is 642. The number of halogens is 2. The zero-order chi connectivity index (χ0) is 15.4. The number of anilines is 1. The van der Waals surface area contributed by atoms with Gasteiger partial charge in [-0.1, -0.05) is 6.07 Å². The van der Waals surface area contributed by atoms with Crippen LogP contribution in [0.2, 0.25) is 0 Å². The molecule has 1 amide bonds. The summed E-state index contributed by atoms with van der Waals surface area (Å²) in [6, 6.07) is 5.57. The van der Waals surface area contributed by atoms with Crippen LogP contribution in [0.3, 0.4) is 0 Å². The molecule has 1 atom stereocenters. The lowest BCUT2D eigenvalue weighted by Gasteiger charge is -2.14. The fourth-order valence-corrected chi connectivity index (χ4v) is 2.70. The van der Waals surface area contributed by atoms with Crippen molar-refractivity contribution in [3.8, 4) is 0 Å². The van der Waals surface area contributed by atoms with Gasteiger partial charge in [-0.3, -0.25) is 4.79 Å². The van der Waals surface area contributed by atoms with Gasteiger partial charge in [-0.25, -0.2) is 8.78 Å². The van der Waals surface area contributed by atoms with E-state index >= 15 is 0 Å². The molecular formula is C15H16F2N2OS. The molecule has 0 spiro atoms. The lowest BCUT2D eigenvalue weighted by Crippen LogP contribution is -2.19. The fraction of sp³-hybridized carbons (Fsp3) is 0.267. The average molecular weight is 310 g/mol. The van der Waals surface area contributed by atoms with Gasteiger partial charge in [0.25, 0.3) is 0 Å². The Hall–Kier alpha value is -1.79. The molecule has 0 saturated heterocycles. The normalized spacial score (nSPS) is 12.2. The van der Waals surface area contributed by atoms with Crippen molar-refractivity contribution in [2.24, 2.45) is 0 Å². The molecule has 21 heavy (non-hydrogen) atoms. The summed E-state index contributed by atoms with van der Waals surface area (Å²) < 4.78 is 26.1. The Balaban J connectivity index is 2.00. The van der Waals surface area contributed by atoms with Gasteiger partial charge in [0.05, 0.1) is 5.69 Å². The first-order valence-electron chi connectivity index (χ1n) is 6.49. The molecule has 1 aromatic carbocycles. The van der Waals surface area contributed by atoms with Crippen LogP contribution >= 0.6 is 11.3 Å². The minimum absolute atomic E-state index is 0.122. The number of carbonyl (C=O) groups excluding carboxylic acids is 1. The average Bonchev–Trinajstić information content (AvgIpc) is 2.85. The van der Waals surface area contributed by atoms with Gasteiger partial charge in [0.2, 0.25) is 5.91 Å². The monoisotopic (exact) mass is 310 g/mol. The van der Waals surface area contributed by atoms with E-state index in [4.69, 9.17) is 0 Å². The molecule has 3 nitrogen and oxygen atoms in total. The van der Waals surface area contributed by atoms with Crippen LogP contribution in [0, 0.1) is 11.6 Å². The largest absolute Gasteiger partial charge is 0.325 e. The number of hydrogen-bond donors (Lipinski definition) is 2. The summed E-state index contributed by atoms with van der Waals surface area (Å²) in [6.45, 7) is 3.87. The van der Waals surface area contributed by atoms with E-state index in [9.17, 15) is 13.6 Å². The van der Waals surface area contributed by atoms with Crippen LogP contribution in [0.4, 0.5) is 14.5 Å². The van der Waals surface area contributed by atoms with Gasteiger partial charge >= 0.3 is 0 Å². The summed E-state index contributed by atoms with van der Waals surface area (Å²) in [4.78, 5) is 12.1. The van der Waals surface area contributed by atoms with Crippen molar-refractivity contribution in [1.29, 1.82) is 0 Å². The second-order valence-corrected chi connectivity index (χ2v) is 5.72. The van der Waals surface area contributed by atoms with Crippen molar-refractivity contribution in [3.05, 3.63) is 51.7 Å². The van der Waals surface area contributed by atoms with Gasteiger partial charge in [-0.2, -0.15) is 0 Å². The summed E-state index contributed by atoms with van der Waals surface area (Å²) in [5.74, 6) is -1.82. The van der Waals surface area contributed by atoms with Crippen molar-refractivity contribution in [3.63, 3.8) is 0 Å². The number of nitrogens with one attached hydrogen (secondary N) is 2. The Morgan fingerprint density at radius 3 is 2.71 bits per heavy atom. The Labute approximate surface area is 126 Å². The van der Waals surface area contributed by atoms with Gasteiger partial charge in [0.1, 0.15) is 0 Å². The molecule has 0 fully saturated rings. The number of amides is 1. The number of hydrogen-bond acceptors (Lipinski definition) is 3. The Morgan fingerprint density at radius 2 is 2.05 bits per heavy atom. The van der Waals surface area contributed by atoms with Crippen molar-refractivity contribution < 1.29 is 13.6 Å². The standard InChI is InChI=1S/C15H16F2N2OS/c1-9(11-3-4-12(16)13(17)7-11)18-8-15-14(5-6-21-15)19-10(2)20/h3-7,9,18H,8H2,1-2H3,(H,19,20). The summed E-state index contributed by atoms with van der Waals surface area (Å²) >= 11 is 1.52. The Kier molecular flexibility index (Phi) is 5.03. The third-order valence-corrected chi connectivity index (χ3v) is 3.99. The first-order chi connectivity index (χ1) is 9.97. The van der Waals surface area contributed by atoms with Crippen molar-refractivity contribution in [2.45, 2.75) is 26.4 Å². The quantitative estimate of drug-likeness (QED) is 0.881. The molecule has 0 saturated carbocycles. The fourth-order valence-electron chi connectivity index (χ4n) is 1.92. The summed E-state index contributed by atoms with van der Waals surface area (Å²) in [6.07, 6.45) is 0. The van der Waals surface area contributed by atoms with E-state index in [0.717, 1.165) is 16.6 Å². The minimum atomic E-state index is -0.851. The smallest absolute Gasteiger partial charge is 0.221 e. The van der Waals surface area contributed by atoms with Crippen LogP contribution in [0.15, 0.2) is 29.6 Å². The van der Waals surface area contributed by atoms with Gasteiger partial charge in [-0.05, 0) is 36.1 Å². The van der Waals surface area contributed by atoms with Crippen molar-refractivity contribution >= 4 is 22.9 Å². The molecular weight excluding hydrogens is 294 g/mol. The minimum Gasteiger partial charge on any atom is -0.325 e. The maximum Gasteiger partial charge on any atom is 0.221 e. The molecule has 0 aliphatic heterocycles. The number of benzene rings is 1. The molecule has 2 aromatic rings. The van der Waals surface area contributed by atoms with E-state index in [0.29, 0.717) is 12.1 Å². The molecule has 2 N–H and O–H groups in total. The van der Waals surface area contributed by atoms with Gasteiger partial charge in [0, 0.05) is 24.4 Å². The van der Waals surface area contributed by atoms with Crippen molar-refractivity contribution in [1.82, 2.24) is 5.32 Å². The van der Waals surface area contributed by atoms with E-state index in [-0.39, 0.29) is 11.9 Å². The molecule has 6 heteroatoms. The highest BCUT2D eigenvalue weighted by molar-refractivity contribution is 7.10. The molecule has 0 aliphatic carbocycles. The van der Waals surface area contributed by atoms with Crippen LogP contribution in [0.25, 0.3) is 0 Å². The maximum atomic E-state index is 13.2. The lowest BCUT2D eigenvalue weighted by atomic mass is 10.1. The zero-order valence-electron chi connectivity index (χ0n) is 11.7. The number of carbonyl (C=O) groups is 1. The number of rotatable bonds is 5. The van der Waals surface area contributed by atoms with Crippen LogP contribution in [-0.4, -0.2) is 5.91 Å². The number of thiophene rings is 1. The maximum absolute atomic E-state index is 13.2. The Morgan fingerprint density at radius 1 is 1.29 bits per heavy atom. The summed E-state index contributed by atoms with van der Waals surface area (Å²) in [7, 11) is 0. The molecule has 1 unspecified atom stereocenters. The van der Waals surface area contributed by atoms with Crippen LogP contribution in [0.5, 0.6) is 0 Å². The van der Waals surface area contributed by atoms with Gasteiger partial charge < -0.3 is 10.6 Å². The van der Waals surface area contributed by atoms with Gasteiger partial charge in [-0.15, -0.1) is 11.3 Å². The van der Waals surface area contributed by atoms with Crippen LogP contribution in [-0.2, 0) is 11.3 Å². The lowest BCUT2D eigenvalue weighted by molar-refractivity contribution is -0.114. The highest BCUT2D eigenvalue weighted by Crippen LogP contribution is 2.23. The molecule has 0 bridgehead atoms. The highest BCUT2D eigenvalue weighted by atomic mass is 32.1. The summed E-state index contributed by atoms with van der Waals surface area (Å²) in [5.41, 5.74) is 1.45. The van der Waals surface area contributed by atoms with E-state index < -0.39 is 11.6 Å². The summed E-state index contributed by atoms with van der Waals surface area (Å²) in [5, 5.41) is 7.88. The second kappa shape index (κ2) is 6.78. The third-order valence-electron chi connectivity index (χ3n) is 3.07. The highest BCUT2D eigenvalue weighted by Gasteiger charge is 2.11. The molecule has 1 heterocycles. The van der Waals surface area contributed by atoms with Crippen LogP contribution in [0.1, 0.15) is 30.3 Å². The predicted octanol–water partition coefficient (Wildman–Crippen LogP) is 3.84. The molecule has 112 valence electrons. The topological polar surface area (TPSA) is 41.1 Å². The first kappa shape index (κ1) is 15.6. The predicted molar refractivity (Wildman–Crippen MR) is 80.2 cm³/mol. The van der Waals surface area contributed by atoms with E-state index in [1.807, 2.05) is 18.4 Å². The van der Waals surface area contributed by atoms with Gasteiger partial charge in [0.15, 0.2) is 11.6 Å². The van der Waals surface area contributed by atoms with Crippen LogP contribution < -0.4 is 10.6 Å². The second-order valence-electron chi connectivity index (χ2n) is 4.71. The SMILES string of the molecule is CC(=O)Nc1ccsc1CNC(C)c1ccc(F)c(F)c1. The third kappa shape index (κ3) is 4.09. The molecule has 0 aliphatic rings.